The molecule has 0 amide bonds. The predicted octanol–water partition coefficient (Wildman–Crippen LogP) is 11.0. The summed E-state index contributed by atoms with van der Waals surface area (Å²) in [7, 11) is 3.36. The molecule has 1 heterocycles. The van der Waals surface area contributed by atoms with Gasteiger partial charge in [0.05, 0.1) is 31.8 Å². The summed E-state index contributed by atoms with van der Waals surface area (Å²) in [6, 6.07) is 50.3. The molecule has 1 aromatic heterocycles. The van der Waals surface area contributed by atoms with Crippen LogP contribution in [0.2, 0.25) is 0 Å². The minimum absolute atomic E-state index is 0.813. The van der Waals surface area contributed by atoms with Crippen LogP contribution in [0.3, 0.4) is 0 Å². The lowest BCUT2D eigenvalue weighted by molar-refractivity contribution is 0.415. The molecule has 0 spiro atoms. The summed E-state index contributed by atoms with van der Waals surface area (Å²) >= 11 is 0. The van der Waals surface area contributed by atoms with Gasteiger partial charge >= 0.3 is 0 Å². The maximum absolute atomic E-state index is 5.42. The number of fused-ring (bicyclic) bond motifs is 1. The van der Waals surface area contributed by atoms with Crippen LogP contribution in [0.4, 0.5) is 17.1 Å². The van der Waals surface area contributed by atoms with Gasteiger partial charge in [-0.3, -0.25) is 0 Å². The fraction of sp³-hybridized carbons (Fsp3) is 0.0930. The molecule has 0 atom stereocenters. The molecule has 0 bridgehead atoms. The molecule has 48 heavy (non-hydrogen) atoms. The number of benzene rings is 6. The first-order chi connectivity index (χ1) is 23.5. The third-order valence-corrected chi connectivity index (χ3v) is 8.80. The van der Waals surface area contributed by atoms with Crippen molar-refractivity contribution in [1.29, 1.82) is 0 Å². The van der Waals surface area contributed by atoms with Crippen LogP contribution in [-0.4, -0.2) is 25.1 Å². The van der Waals surface area contributed by atoms with E-state index in [4.69, 9.17) is 14.6 Å². The van der Waals surface area contributed by atoms with Crippen LogP contribution in [0.5, 0.6) is 11.5 Å². The quantitative estimate of drug-likeness (QED) is 0.150. The molecule has 7 rings (SSSR count). The molecule has 0 radical (unpaired) electrons. The number of ether oxygens (including phenoxy) is 2. The standard InChI is InChI=1S/C43H37N3O2/c1-30-27-40-41(28-31(30)2)43(34-13-9-6-10-14-34)46(42(40)33-11-7-5-8-12-33)44-29-32-15-17-35(18-16-32)45(36-19-23-38(47-3)24-20-36)37-21-25-39(48-4)26-22-37/h5-29H,1-4H3. The van der Waals surface area contributed by atoms with Crippen molar-refractivity contribution < 1.29 is 9.47 Å². The van der Waals surface area contributed by atoms with Crippen LogP contribution >= 0.6 is 0 Å². The van der Waals surface area contributed by atoms with Crippen molar-refractivity contribution in [2.75, 3.05) is 19.1 Å². The van der Waals surface area contributed by atoms with Gasteiger partial charge in [0.2, 0.25) is 0 Å². The number of nitrogens with zero attached hydrogens (tertiary/aromatic N) is 3. The Labute approximate surface area is 281 Å². The Morgan fingerprint density at radius 1 is 0.521 bits per heavy atom. The third kappa shape index (κ3) is 5.94. The molecule has 0 saturated heterocycles. The van der Waals surface area contributed by atoms with Crippen LogP contribution < -0.4 is 14.4 Å². The highest BCUT2D eigenvalue weighted by Gasteiger charge is 2.20. The second-order valence-electron chi connectivity index (χ2n) is 11.8. The molecule has 0 saturated carbocycles. The first-order valence-electron chi connectivity index (χ1n) is 16.0. The summed E-state index contributed by atoms with van der Waals surface area (Å²) in [5, 5.41) is 7.58. The normalized spacial score (nSPS) is 11.2. The Balaban J connectivity index is 1.33. The highest BCUT2D eigenvalue weighted by atomic mass is 16.5. The fourth-order valence-corrected chi connectivity index (χ4v) is 6.15. The maximum Gasteiger partial charge on any atom is 0.119 e. The molecule has 6 aromatic carbocycles. The van der Waals surface area contributed by atoms with E-state index in [0.29, 0.717) is 0 Å². The van der Waals surface area contributed by atoms with E-state index in [-0.39, 0.29) is 0 Å². The largest absolute Gasteiger partial charge is 0.497 e. The van der Waals surface area contributed by atoms with E-state index in [1.54, 1.807) is 14.2 Å². The molecular formula is C43H37N3O2. The SMILES string of the molecule is COc1ccc(N(c2ccc(C=Nn3c(-c4ccccc4)c4cc(C)c(C)cc4c3-c3ccccc3)cc2)c2ccc(OC)cc2)cc1. The molecule has 5 heteroatoms. The molecule has 0 unspecified atom stereocenters. The smallest absolute Gasteiger partial charge is 0.119 e. The van der Waals surface area contributed by atoms with Gasteiger partial charge in [0.25, 0.3) is 0 Å². The van der Waals surface area contributed by atoms with Crippen LogP contribution in [0.25, 0.3) is 33.3 Å². The summed E-state index contributed by atoms with van der Waals surface area (Å²) < 4.78 is 13.0. The minimum Gasteiger partial charge on any atom is -0.497 e. The molecule has 0 aliphatic rings. The molecule has 7 aromatic rings. The van der Waals surface area contributed by atoms with Crippen LogP contribution in [0.1, 0.15) is 16.7 Å². The van der Waals surface area contributed by atoms with Gasteiger partial charge in [0.15, 0.2) is 0 Å². The zero-order valence-electron chi connectivity index (χ0n) is 27.6. The van der Waals surface area contributed by atoms with Crippen LogP contribution in [0.15, 0.2) is 151 Å². The maximum atomic E-state index is 5.42. The Kier molecular flexibility index (Phi) is 8.50. The number of aryl methyl sites for hydroxylation is 2. The summed E-state index contributed by atoms with van der Waals surface area (Å²) in [4.78, 5) is 2.21. The number of hydrogen-bond acceptors (Lipinski definition) is 4. The fourth-order valence-electron chi connectivity index (χ4n) is 6.15. The summed E-state index contributed by atoms with van der Waals surface area (Å²) in [5.41, 5.74) is 11.0. The number of methoxy groups -OCH3 is 2. The van der Waals surface area contributed by atoms with Gasteiger partial charge in [-0.05, 0) is 103 Å². The van der Waals surface area contributed by atoms with Crippen molar-refractivity contribution in [3.05, 3.63) is 162 Å². The second kappa shape index (κ2) is 13.3. The Bertz CT molecular complexity index is 2060. The lowest BCUT2D eigenvalue weighted by atomic mass is 9.99. The topological polar surface area (TPSA) is 39.0 Å². The van der Waals surface area contributed by atoms with Crippen molar-refractivity contribution in [3.8, 4) is 34.0 Å². The third-order valence-electron chi connectivity index (χ3n) is 8.80. The molecule has 0 aliphatic carbocycles. The first kappa shape index (κ1) is 30.6. The van der Waals surface area contributed by atoms with Gasteiger partial charge in [-0.1, -0.05) is 72.8 Å². The molecule has 0 N–H and O–H groups in total. The zero-order chi connectivity index (χ0) is 33.0. The monoisotopic (exact) mass is 627 g/mol. The van der Waals surface area contributed by atoms with E-state index in [9.17, 15) is 0 Å². The molecule has 5 nitrogen and oxygen atoms in total. The molecule has 0 fully saturated rings. The predicted molar refractivity (Wildman–Crippen MR) is 200 cm³/mol. The van der Waals surface area contributed by atoms with E-state index in [1.165, 1.54) is 21.9 Å². The van der Waals surface area contributed by atoms with E-state index in [2.05, 4.69) is 145 Å². The molecule has 0 aliphatic heterocycles. The number of hydrogen-bond donors (Lipinski definition) is 0. The zero-order valence-corrected chi connectivity index (χ0v) is 27.6. The van der Waals surface area contributed by atoms with Gasteiger partial charge in [0, 0.05) is 39.0 Å². The number of aromatic nitrogens is 1. The summed E-state index contributed by atoms with van der Waals surface area (Å²) in [6.07, 6.45) is 1.95. The van der Waals surface area contributed by atoms with Gasteiger partial charge in [-0.25, -0.2) is 4.68 Å². The average Bonchev–Trinajstić information content (AvgIpc) is 3.45. The number of rotatable bonds is 9. The van der Waals surface area contributed by atoms with E-state index in [1.807, 2.05) is 30.5 Å². The van der Waals surface area contributed by atoms with Crippen molar-refractivity contribution in [1.82, 2.24) is 4.68 Å². The Morgan fingerprint density at radius 2 is 0.917 bits per heavy atom. The van der Waals surface area contributed by atoms with Gasteiger partial charge in [-0.2, -0.15) is 5.10 Å². The highest BCUT2D eigenvalue weighted by Crippen LogP contribution is 2.41. The van der Waals surface area contributed by atoms with Gasteiger partial charge in [-0.15, -0.1) is 0 Å². The lowest BCUT2D eigenvalue weighted by Crippen LogP contribution is -2.10. The average molecular weight is 628 g/mol. The van der Waals surface area contributed by atoms with Crippen LogP contribution in [-0.2, 0) is 0 Å². The Hall–Kier alpha value is -6.07. The molecule has 236 valence electrons. The van der Waals surface area contributed by atoms with Crippen LogP contribution in [0, 0.1) is 13.8 Å². The number of anilines is 3. The first-order valence-corrected chi connectivity index (χ1v) is 16.0. The minimum atomic E-state index is 0.813. The van der Waals surface area contributed by atoms with Crippen molar-refractivity contribution in [3.63, 3.8) is 0 Å². The van der Waals surface area contributed by atoms with Gasteiger partial charge < -0.3 is 14.4 Å². The summed E-state index contributed by atoms with van der Waals surface area (Å²) in [6.45, 7) is 4.35. The summed E-state index contributed by atoms with van der Waals surface area (Å²) in [5.74, 6) is 1.63. The second-order valence-corrected chi connectivity index (χ2v) is 11.8. The van der Waals surface area contributed by atoms with E-state index >= 15 is 0 Å². The molecular weight excluding hydrogens is 590 g/mol. The van der Waals surface area contributed by atoms with Gasteiger partial charge in [0.1, 0.15) is 11.5 Å². The van der Waals surface area contributed by atoms with E-state index in [0.717, 1.165) is 56.6 Å². The highest BCUT2D eigenvalue weighted by molar-refractivity contribution is 6.06. The van der Waals surface area contributed by atoms with Crippen molar-refractivity contribution in [2.24, 2.45) is 5.10 Å². The van der Waals surface area contributed by atoms with E-state index < -0.39 is 0 Å². The van der Waals surface area contributed by atoms with Crippen molar-refractivity contribution >= 4 is 34.0 Å². The Morgan fingerprint density at radius 3 is 1.31 bits per heavy atom. The van der Waals surface area contributed by atoms with Crippen molar-refractivity contribution in [2.45, 2.75) is 13.8 Å². The lowest BCUT2D eigenvalue weighted by Gasteiger charge is -2.26.